The fourth-order valence-electron chi connectivity index (χ4n) is 5.90. The van der Waals surface area contributed by atoms with Gasteiger partial charge in [0.1, 0.15) is 5.82 Å². The van der Waals surface area contributed by atoms with Crippen LogP contribution in [0.5, 0.6) is 0 Å². The van der Waals surface area contributed by atoms with Gasteiger partial charge >= 0.3 is 6.03 Å². The minimum Gasteiger partial charge on any atom is -0.340 e. The summed E-state index contributed by atoms with van der Waals surface area (Å²) in [6.07, 6.45) is 3.99. The number of rotatable bonds is 9. The topological polar surface area (TPSA) is 85.0 Å². The largest absolute Gasteiger partial charge is 0.340 e. The van der Waals surface area contributed by atoms with Crippen molar-refractivity contribution in [3.8, 4) is 0 Å². The molecule has 9 heteroatoms. The van der Waals surface area contributed by atoms with Crippen molar-refractivity contribution in [3.05, 3.63) is 65.5 Å². The van der Waals surface area contributed by atoms with Gasteiger partial charge in [-0.05, 0) is 94.9 Å². The molecule has 0 spiro atoms. The quantitative estimate of drug-likeness (QED) is 0.462. The van der Waals surface area contributed by atoms with E-state index in [9.17, 15) is 18.8 Å². The van der Waals surface area contributed by atoms with Gasteiger partial charge in [-0.1, -0.05) is 24.3 Å². The van der Waals surface area contributed by atoms with E-state index in [2.05, 4.69) is 15.5 Å². The average Bonchev–Trinajstić information content (AvgIpc) is 2.91. The van der Waals surface area contributed by atoms with Gasteiger partial charge in [-0.3, -0.25) is 9.59 Å². The second kappa shape index (κ2) is 13.9. The summed E-state index contributed by atoms with van der Waals surface area (Å²) in [7, 11) is 3.75. The highest BCUT2D eigenvalue weighted by Gasteiger charge is 2.34. The molecule has 3 atom stereocenters. The monoisotopic (exact) mass is 551 g/mol. The molecule has 0 aliphatic carbocycles. The Morgan fingerprint density at radius 1 is 1.02 bits per heavy atom. The van der Waals surface area contributed by atoms with Crippen molar-refractivity contribution in [2.75, 3.05) is 58.7 Å². The SMILES string of the molecule is CC(=O)c1cccc(NC(=O)N[C@H]2CN(C(=O)CN(C)C)CC[C@H]2CN2CCC[C@@H](Cc3ccc(F)cc3)C2)c1. The first-order chi connectivity index (χ1) is 19.2. The van der Waals surface area contributed by atoms with Gasteiger partial charge in [0, 0.05) is 37.4 Å². The molecular formula is C31H42FN5O3. The number of likely N-dealkylation sites (tertiary alicyclic amines) is 2. The third-order valence-corrected chi connectivity index (χ3v) is 7.94. The number of likely N-dealkylation sites (N-methyl/N-ethyl adjacent to an activating group) is 1. The molecule has 2 aliphatic heterocycles. The van der Waals surface area contributed by atoms with E-state index in [0.717, 1.165) is 50.9 Å². The van der Waals surface area contributed by atoms with E-state index in [0.29, 0.717) is 36.8 Å². The zero-order valence-corrected chi connectivity index (χ0v) is 23.9. The number of halogens is 1. The standard InChI is InChI=1S/C31H42FN5O3/c1-22(38)25-7-4-8-28(17-25)33-31(40)34-29-20-37(30(39)21-35(2)3)15-13-26(29)19-36-14-5-6-24(18-36)16-23-9-11-27(32)12-10-23/h4,7-12,17,24,26,29H,5-6,13-16,18-21H2,1-3H3,(H2,33,34,40)/t24-,26-,29-/m0/s1. The van der Waals surface area contributed by atoms with Gasteiger partial charge in [0.15, 0.2) is 5.78 Å². The summed E-state index contributed by atoms with van der Waals surface area (Å²) in [4.78, 5) is 43.9. The summed E-state index contributed by atoms with van der Waals surface area (Å²) in [5, 5.41) is 6.01. The Hall–Kier alpha value is -3.30. The number of ketones is 1. The molecule has 0 aromatic heterocycles. The first-order valence-corrected chi connectivity index (χ1v) is 14.2. The Labute approximate surface area is 236 Å². The van der Waals surface area contributed by atoms with Crippen molar-refractivity contribution in [1.82, 2.24) is 20.0 Å². The highest BCUT2D eigenvalue weighted by Crippen LogP contribution is 2.25. The average molecular weight is 552 g/mol. The molecule has 2 aromatic rings. The minimum absolute atomic E-state index is 0.0575. The van der Waals surface area contributed by atoms with Crippen LogP contribution in [-0.4, -0.2) is 91.8 Å². The Morgan fingerprint density at radius 2 is 1.80 bits per heavy atom. The maximum absolute atomic E-state index is 13.3. The van der Waals surface area contributed by atoms with Gasteiger partial charge in [-0.25, -0.2) is 9.18 Å². The highest BCUT2D eigenvalue weighted by atomic mass is 19.1. The molecule has 0 unspecified atom stereocenters. The van der Waals surface area contributed by atoms with E-state index in [1.165, 1.54) is 19.1 Å². The van der Waals surface area contributed by atoms with Gasteiger partial charge in [0.05, 0.1) is 12.6 Å². The number of hydrogen-bond acceptors (Lipinski definition) is 5. The lowest BCUT2D eigenvalue weighted by Gasteiger charge is -2.42. The lowest BCUT2D eigenvalue weighted by molar-refractivity contribution is -0.133. The first kappa shape index (κ1) is 29.7. The molecule has 0 radical (unpaired) electrons. The van der Waals surface area contributed by atoms with Crippen molar-refractivity contribution in [3.63, 3.8) is 0 Å². The van der Waals surface area contributed by atoms with Crippen molar-refractivity contribution < 1.29 is 18.8 Å². The zero-order chi connectivity index (χ0) is 28.6. The highest BCUT2D eigenvalue weighted by molar-refractivity contribution is 5.96. The fraction of sp³-hybridized carbons (Fsp3) is 0.516. The smallest absolute Gasteiger partial charge is 0.319 e. The van der Waals surface area contributed by atoms with Crippen molar-refractivity contribution in [1.29, 1.82) is 0 Å². The molecule has 216 valence electrons. The summed E-state index contributed by atoms with van der Waals surface area (Å²) in [6.45, 7) is 5.79. The number of nitrogens with one attached hydrogen (secondary N) is 2. The minimum atomic E-state index is -0.342. The van der Waals surface area contributed by atoms with Gasteiger partial charge in [-0.2, -0.15) is 0 Å². The molecule has 0 saturated carbocycles. The lowest BCUT2D eigenvalue weighted by Crippen LogP contribution is -2.58. The Bertz CT molecular complexity index is 1170. The molecule has 8 nitrogen and oxygen atoms in total. The van der Waals surface area contributed by atoms with Crippen LogP contribution in [0, 0.1) is 17.7 Å². The molecule has 3 amide bonds. The summed E-state index contributed by atoms with van der Waals surface area (Å²) >= 11 is 0. The van der Waals surface area contributed by atoms with Crippen LogP contribution in [0.2, 0.25) is 0 Å². The number of anilines is 1. The predicted octanol–water partition coefficient (Wildman–Crippen LogP) is 3.88. The van der Waals surface area contributed by atoms with Crippen LogP contribution in [-0.2, 0) is 11.2 Å². The Morgan fingerprint density at radius 3 is 2.52 bits per heavy atom. The molecule has 2 aliphatic rings. The number of amides is 3. The number of carbonyl (C=O) groups excluding carboxylic acids is 3. The molecular weight excluding hydrogens is 509 g/mol. The van der Waals surface area contributed by atoms with E-state index in [-0.39, 0.29) is 35.5 Å². The second-order valence-corrected chi connectivity index (χ2v) is 11.6. The number of carbonyl (C=O) groups is 3. The fourth-order valence-corrected chi connectivity index (χ4v) is 5.90. The number of Topliss-reactive ketones (excluding diaryl/α,β-unsaturated/α-hetero) is 1. The molecule has 2 N–H and O–H groups in total. The summed E-state index contributed by atoms with van der Waals surface area (Å²) in [5.41, 5.74) is 2.25. The first-order valence-electron chi connectivity index (χ1n) is 14.2. The molecule has 2 fully saturated rings. The van der Waals surface area contributed by atoms with Crippen LogP contribution in [0.25, 0.3) is 0 Å². The summed E-state index contributed by atoms with van der Waals surface area (Å²) in [6, 6.07) is 13.2. The number of urea groups is 1. The van der Waals surface area contributed by atoms with E-state index < -0.39 is 0 Å². The van der Waals surface area contributed by atoms with Gasteiger partial charge < -0.3 is 25.3 Å². The van der Waals surface area contributed by atoms with Gasteiger partial charge in [-0.15, -0.1) is 0 Å². The van der Waals surface area contributed by atoms with Gasteiger partial charge in [0.2, 0.25) is 5.91 Å². The molecule has 2 heterocycles. The van der Waals surface area contributed by atoms with Crippen molar-refractivity contribution in [2.45, 2.75) is 38.6 Å². The summed E-state index contributed by atoms with van der Waals surface area (Å²) in [5.74, 6) is 0.484. The van der Waals surface area contributed by atoms with Crippen LogP contribution in [0.4, 0.5) is 14.9 Å². The number of nitrogens with zero attached hydrogens (tertiary/aromatic N) is 3. The molecule has 0 bridgehead atoms. The maximum Gasteiger partial charge on any atom is 0.319 e. The van der Waals surface area contributed by atoms with Gasteiger partial charge in [0.25, 0.3) is 0 Å². The predicted molar refractivity (Wildman–Crippen MR) is 155 cm³/mol. The second-order valence-electron chi connectivity index (χ2n) is 11.6. The molecule has 4 rings (SSSR count). The number of benzene rings is 2. The summed E-state index contributed by atoms with van der Waals surface area (Å²) < 4.78 is 13.3. The normalized spacial score (nSPS) is 21.7. The zero-order valence-electron chi connectivity index (χ0n) is 23.9. The Kier molecular flexibility index (Phi) is 10.3. The molecule has 2 saturated heterocycles. The maximum atomic E-state index is 13.3. The lowest BCUT2D eigenvalue weighted by atomic mass is 9.87. The number of piperidine rings is 2. The Balaban J connectivity index is 1.40. The van der Waals surface area contributed by atoms with Crippen LogP contribution in [0.1, 0.15) is 42.1 Å². The van der Waals surface area contributed by atoms with Crippen LogP contribution in [0.15, 0.2) is 48.5 Å². The van der Waals surface area contributed by atoms with Crippen molar-refractivity contribution >= 4 is 23.4 Å². The third kappa shape index (κ3) is 8.60. The van der Waals surface area contributed by atoms with Crippen LogP contribution < -0.4 is 10.6 Å². The van der Waals surface area contributed by atoms with E-state index in [1.54, 1.807) is 24.3 Å². The van der Waals surface area contributed by atoms with E-state index in [1.807, 2.05) is 36.0 Å². The third-order valence-electron chi connectivity index (χ3n) is 7.94. The van der Waals surface area contributed by atoms with Crippen molar-refractivity contribution in [2.24, 2.45) is 11.8 Å². The molecule has 40 heavy (non-hydrogen) atoms. The molecule has 2 aromatic carbocycles. The van der Waals surface area contributed by atoms with E-state index in [4.69, 9.17) is 0 Å². The van der Waals surface area contributed by atoms with E-state index >= 15 is 0 Å². The van der Waals surface area contributed by atoms with Crippen LogP contribution in [0.3, 0.4) is 0 Å². The number of hydrogen-bond donors (Lipinski definition) is 2. The van der Waals surface area contributed by atoms with Crippen LogP contribution >= 0.6 is 0 Å².